The molecule has 30 heavy (non-hydrogen) atoms. The Balaban J connectivity index is 1.60. The molecule has 2 aromatic heterocycles. The van der Waals surface area contributed by atoms with Crippen LogP contribution in [0.1, 0.15) is 11.4 Å². The van der Waals surface area contributed by atoms with Crippen molar-refractivity contribution < 1.29 is 0 Å². The zero-order chi connectivity index (χ0) is 20.0. The second-order valence-corrected chi connectivity index (χ2v) is 9.04. The first-order chi connectivity index (χ1) is 14.7. The Morgan fingerprint density at radius 3 is 1.43 bits per heavy atom. The van der Waals surface area contributed by atoms with E-state index < -0.39 is 0 Å². The van der Waals surface area contributed by atoms with E-state index in [0.717, 1.165) is 33.7 Å². The maximum Gasteiger partial charge on any atom is 0.0542 e. The molecule has 0 fully saturated rings. The summed E-state index contributed by atoms with van der Waals surface area (Å²) in [6.45, 7) is 0. The van der Waals surface area contributed by atoms with Crippen LogP contribution < -0.4 is 0 Å². The lowest BCUT2D eigenvalue weighted by Gasteiger charge is -2.13. The molecule has 0 amide bonds. The summed E-state index contributed by atoms with van der Waals surface area (Å²) in [5.41, 5.74) is 7.70. The molecular weight excluding hydrogens is 411 g/mol. The Labute approximate surface area is 182 Å². The SMILES string of the molecule is Clc1ccc2c(ccc3c4c([nH]c32)CCc2[nH]c3c(ccc5cc(Cl)ccc53)c2-4)c1. The fraction of sp³-hybridized carbons (Fsp3) is 0.0769. The van der Waals surface area contributed by atoms with Gasteiger partial charge < -0.3 is 9.97 Å². The van der Waals surface area contributed by atoms with Crippen molar-refractivity contribution in [2.24, 2.45) is 0 Å². The number of aromatic amines is 2. The molecule has 0 atom stereocenters. The predicted octanol–water partition coefficient (Wildman–Crippen LogP) is 8.03. The highest BCUT2D eigenvalue weighted by Crippen LogP contribution is 2.45. The first-order valence-corrected chi connectivity index (χ1v) is 10.9. The Hall–Kier alpha value is -2.94. The number of hydrogen-bond acceptors (Lipinski definition) is 0. The third kappa shape index (κ3) is 2.15. The molecule has 0 radical (unpaired) electrons. The van der Waals surface area contributed by atoms with Crippen LogP contribution in [0.5, 0.6) is 0 Å². The summed E-state index contributed by atoms with van der Waals surface area (Å²) >= 11 is 12.4. The smallest absolute Gasteiger partial charge is 0.0542 e. The Morgan fingerprint density at radius 2 is 0.967 bits per heavy atom. The van der Waals surface area contributed by atoms with Crippen LogP contribution in [0.2, 0.25) is 10.0 Å². The molecule has 6 aromatic rings. The fourth-order valence-electron chi connectivity index (χ4n) is 5.24. The number of hydrogen-bond donors (Lipinski definition) is 2. The lowest BCUT2D eigenvalue weighted by molar-refractivity contribution is 0.891. The summed E-state index contributed by atoms with van der Waals surface area (Å²) in [5, 5.41) is 8.84. The predicted molar refractivity (Wildman–Crippen MR) is 128 cm³/mol. The van der Waals surface area contributed by atoms with Gasteiger partial charge in [0.1, 0.15) is 0 Å². The van der Waals surface area contributed by atoms with Crippen molar-refractivity contribution in [1.82, 2.24) is 9.97 Å². The van der Waals surface area contributed by atoms with Crippen LogP contribution in [0.15, 0.2) is 60.7 Å². The highest BCUT2D eigenvalue weighted by molar-refractivity contribution is 6.32. The maximum absolute atomic E-state index is 6.22. The summed E-state index contributed by atoms with van der Waals surface area (Å²) < 4.78 is 0. The fourth-order valence-corrected chi connectivity index (χ4v) is 5.60. The maximum atomic E-state index is 6.22. The van der Waals surface area contributed by atoms with Crippen LogP contribution in [-0.4, -0.2) is 9.97 Å². The van der Waals surface area contributed by atoms with Crippen molar-refractivity contribution in [3.63, 3.8) is 0 Å². The molecule has 4 aromatic carbocycles. The van der Waals surface area contributed by atoms with Gasteiger partial charge in [-0.25, -0.2) is 0 Å². The standard InChI is InChI=1S/C26H16Cl2N2/c27-15-3-7-17-13(11-15)1-5-19-23-21(29-25(17)19)9-10-22-24(23)20-6-2-14-12-16(28)4-8-18(14)26(20)30-22/h1-8,11-12,29-30H,9-10H2. The van der Waals surface area contributed by atoms with Gasteiger partial charge >= 0.3 is 0 Å². The molecule has 0 unspecified atom stereocenters. The highest BCUT2D eigenvalue weighted by Gasteiger charge is 2.26. The zero-order valence-electron chi connectivity index (χ0n) is 15.9. The van der Waals surface area contributed by atoms with Crippen molar-refractivity contribution in [1.29, 1.82) is 0 Å². The van der Waals surface area contributed by atoms with Gasteiger partial charge in [0.2, 0.25) is 0 Å². The Morgan fingerprint density at radius 1 is 0.533 bits per heavy atom. The van der Waals surface area contributed by atoms with E-state index >= 15 is 0 Å². The van der Waals surface area contributed by atoms with E-state index in [9.17, 15) is 0 Å². The quantitative estimate of drug-likeness (QED) is 0.246. The molecule has 2 heterocycles. The van der Waals surface area contributed by atoms with Gasteiger partial charge in [0.25, 0.3) is 0 Å². The third-order valence-corrected chi connectivity index (χ3v) is 7.00. The molecule has 0 saturated heterocycles. The lowest BCUT2D eigenvalue weighted by Crippen LogP contribution is -2.01. The molecular formula is C26H16Cl2N2. The van der Waals surface area contributed by atoms with Gasteiger partial charge in [0, 0.05) is 54.1 Å². The number of halogens is 2. The van der Waals surface area contributed by atoms with Crippen LogP contribution in [0, 0.1) is 0 Å². The Kier molecular flexibility index (Phi) is 3.26. The van der Waals surface area contributed by atoms with E-state index in [1.54, 1.807) is 0 Å². The molecule has 0 aliphatic heterocycles. The number of fused-ring (bicyclic) bond motifs is 11. The number of aryl methyl sites for hydroxylation is 2. The zero-order valence-corrected chi connectivity index (χ0v) is 17.5. The molecule has 7 rings (SSSR count). The monoisotopic (exact) mass is 426 g/mol. The highest BCUT2D eigenvalue weighted by atomic mass is 35.5. The number of H-pyrrole nitrogens is 2. The average Bonchev–Trinajstić information content (AvgIpc) is 3.31. The van der Waals surface area contributed by atoms with Crippen LogP contribution in [0.25, 0.3) is 54.5 Å². The van der Waals surface area contributed by atoms with Crippen molar-refractivity contribution in [3.05, 3.63) is 82.1 Å². The largest absolute Gasteiger partial charge is 0.357 e. The molecule has 1 aliphatic carbocycles. The lowest BCUT2D eigenvalue weighted by atomic mass is 9.90. The third-order valence-electron chi connectivity index (χ3n) is 6.53. The molecule has 0 bridgehead atoms. The van der Waals surface area contributed by atoms with Crippen molar-refractivity contribution in [2.45, 2.75) is 12.8 Å². The van der Waals surface area contributed by atoms with Gasteiger partial charge in [-0.2, -0.15) is 0 Å². The van der Waals surface area contributed by atoms with Crippen LogP contribution in [-0.2, 0) is 12.8 Å². The average molecular weight is 427 g/mol. The van der Waals surface area contributed by atoms with Gasteiger partial charge in [-0.3, -0.25) is 0 Å². The molecule has 0 spiro atoms. The minimum atomic E-state index is 0.768. The van der Waals surface area contributed by atoms with E-state index in [0.29, 0.717) is 0 Å². The number of benzene rings is 4. The van der Waals surface area contributed by atoms with Crippen molar-refractivity contribution in [2.75, 3.05) is 0 Å². The molecule has 2 nitrogen and oxygen atoms in total. The summed E-state index contributed by atoms with van der Waals surface area (Å²) in [5.74, 6) is 0. The normalized spacial score (nSPS) is 13.4. The van der Waals surface area contributed by atoms with Crippen LogP contribution in [0.3, 0.4) is 0 Å². The van der Waals surface area contributed by atoms with Gasteiger partial charge in [0.15, 0.2) is 0 Å². The number of nitrogens with one attached hydrogen (secondary N) is 2. The first kappa shape index (κ1) is 16.8. The summed E-state index contributed by atoms with van der Waals surface area (Å²) in [7, 11) is 0. The Bertz CT molecular complexity index is 1540. The molecule has 2 N–H and O–H groups in total. The number of aromatic nitrogens is 2. The van der Waals surface area contributed by atoms with Crippen LogP contribution in [0.4, 0.5) is 0 Å². The van der Waals surface area contributed by atoms with E-state index in [1.165, 1.54) is 55.1 Å². The first-order valence-electron chi connectivity index (χ1n) is 10.1. The van der Waals surface area contributed by atoms with Crippen LogP contribution >= 0.6 is 23.2 Å². The van der Waals surface area contributed by atoms with Crippen molar-refractivity contribution in [3.8, 4) is 11.1 Å². The molecule has 144 valence electrons. The summed E-state index contributed by atoms with van der Waals surface area (Å²) in [6, 6.07) is 21.1. The van der Waals surface area contributed by atoms with Gasteiger partial charge in [-0.05, 0) is 47.9 Å². The second-order valence-electron chi connectivity index (χ2n) is 8.16. The van der Waals surface area contributed by atoms with E-state index in [4.69, 9.17) is 23.2 Å². The summed E-state index contributed by atoms with van der Waals surface area (Å²) in [6.07, 6.45) is 2.01. The van der Waals surface area contributed by atoms with Gasteiger partial charge in [-0.15, -0.1) is 0 Å². The van der Waals surface area contributed by atoms with Crippen molar-refractivity contribution >= 4 is 66.6 Å². The minimum Gasteiger partial charge on any atom is -0.357 e. The van der Waals surface area contributed by atoms with Gasteiger partial charge in [-0.1, -0.05) is 59.6 Å². The van der Waals surface area contributed by atoms with E-state index in [2.05, 4.69) is 46.4 Å². The van der Waals surface area contributed by atoms with Gasteiger partial charge in [0.05, 0.1) is 11.0 Å². The van der Waals surface area contributed by atoms with E-state index in [-0.39, 0.29) is 0 Å². The molecule has 0 saturated carbocycles. The summed E-state index contributed by atoms with van der Waals surface area (Å²) in [4.78, 5) is 7.49. The molecule has 4 heteroatoms. The second kappa shape index (κ2) is 5.81. The minimum absolute atomic E-state index is 0.768. The van der Waals surface area contributed by atoms with E-state index in [1.807, 2.05) is 24.3 Å². The molecule has 1 aliphatic rings. The number of rotatable bonds is 0. The topological polar surface area (TPSA) is 31.6 Å².